The van der Waals surface area contributed by atoms with Crippen LogP contribution >= 0.6 is 0 Å². The van der Waals surface area contributed by atoms with E-state index < -0.39 is 0 Å². The zero-order chi connectivity index (χ0) is 14.1. The number of hydrogen-bond acceptors (Lipinski definition) is 4. The number of aromatic nitrogens is 1. The van der Waals surface area contributed by atoms with Gasteiger partial charge >= 0.3 is 0 Å². The quantitative estimate of drug-likeness (QED) is 0.733. The van der Waals surface area contributed by atoms with Crippen LogP contribution in [0.1, 0.15) is 23.7 Å². The number of rotatable bonds is 3. The maximum absolute atomic E-state index is 11.7. The zero-order valence-corrected chi connectivity index (χ0v) is 11.0. The van der Waals surface area contributed by atoms with Gasteiger partial charge in [0.05, 0.1) is 5.56 Å². The lowest BCUT2D eigenvalue weighted by atomic mass is 10.0. The SMILES string of the molecule is CCC(=O)c1ccc(O)c(-c2nc3ccccc3o2)c1. The number of oxazole rings is 1. The van der Waals surface area contributed by atoms with Gasteiger partial charge in [0.2, 0.25) is 5.89 Å². The molecule has 1 aromatic heterocycles. The highest BCUT2D eigenvalue weighted by atomic mass is 16.3. The summed E-state index contributed by atoms with van der Waals surface area (Å²) in [4.78, 5) is 16.1. The summed E-state index contributed by atoms with van der Waals surface area (Å²) in [7, 11) is 0. The van der Waals surface area contributed by atoms with E-state index in [0.717, 1.165) is 0 Å². The number of phenolic OH excluding ortho intramolecular Hbond substituents is 1. The maximum atomic E-state index is 11.7. The average Bonchev–Trinajstić information content (AvgIpc) is 2.90. The lowest BCUT2D eigenvalue weighted by Crippen LogP contribution is -1.96. The standard InChI is InChI=1S/C16H13NO3/c1-2-13(18)10-7-8-14(19)11(9-10)16-17-12-5-3-4-6-15(12)20-16/h3-9,19H,2H2,1H3. The fourth-order valence-corrected chi connectivity index (χ4v) is 2.07. The molecule has 0 bridgehead atoms. The summed E-state index contributed by atoms with van der Waals surface area (Å²) in [6.45, 7) is 1.80. The molecule has 0 amide bonds. The van der Waals surface area contributed by atoms with Crippen LogP contribution in [0.2, 0.25) is 0 Å². The lowest BCUT2D eigenvalue weighted by Gasteiger charge is -2.03. The molecule has 0 saturated heterocycles. The van der Waals surface area contributed by atoms with Crippen LogP contribution in [0.15, 0.2) is 46.9 Å². The summed E-state index contributed by atoms with van der Waals surface area (Å²) >= 11 is 0. The first-order valence-electron chi connectivity index (χ1n) is 6.41. The van der Waals surface area contributed by atoms with E-state index >= 15 is 0 Å². The third kappa shape index (κ3) is 2.05. The van der Waals surface area contributed by atoms with Crippen LogP contribution < -0.4 is 0 Å². The van der Waals surface area contributed by atoms with Crippen molar-refractivity contribution in [3.8, 4) is 17.2 Å². The predicted molar refractivity (Wildman–Crippen MR) is 75.7 cm³/mol. The van der Waals surface area contributed by atoms with Crippen molar-refractivity contribution in [2.24, 2.45) is 0 Å². The van der Waals surface area contributed by atoms with Gasteiger partial charge in [-0.1, -0.05) is 19.1 Å². The fraction of sp³-hybridized carbons (Fsp3) is 0.125. The molecular formula is C16H13NO3. The Hall–Kier alpha value is -2.62. The van der Waals surface area contributed by atoms with E-state index in [1.165, 1.54) is 6.07 Å². The lowest BCUT2D eigenvalue weighted by molar-refractivity contribution is 0.0988. The molecule has 3 aromatic rings. The normalized spacial score (nSPS) is 10.8. The molecule has 20 heavy (non-hydrogen) atoms. The van der Waals surface area contributed by atoms with E-state index in [1.807, 2.05) is 24.3 Å². The van der Waals surface area contributed by atoms with Crippen molar-refractivity contribution in [2.45, 2.75) is 13.3 Å². The van der Waals surface area contributed by atoms with Crippen molar-refractivity contribution in [1.29, 1.82) is 0 Å². The summed E-state index contributed by atoms with van der Waals surface area (Å²) in [6.07, 6.45) is 0.414. The summed E-state index contributed by atoms with van der Waals surface area (Å²) < 4.78 is 5.62. The Bertz CT molecular complexity index is 756. The number of nitrogens with zero attached hydrogens (tertiary/aromatic N) is 1. The molecule has 100 valence electrons. The highest BCUT2D eigenvalue weighted by Gasteiger charge is 2.14. The van der Waals surface area contributed by atoms with Crippen LogP contribution in [0.5, 0.6) is 5.75 Å². The minimum Gasteiger partial charge on any atom is -0.507 e. The van der Waals surface area contributed by atoms with E-state index in [4.69, 9.17) is 4.42 Å². The molecular weight excluding hydrogens is 254 g/mol. The molecule has 1 N–H and O–H groups in total. The zero-order valence-electron chi connectivity index (χ0n) is 11.0. The summed E-state index contributed by atoms with van der Waals surface area (Å²) in [6, 6.07) is 12.1. The molecule has 1 heterocycles. The number of carbonyl (C=O) groups is 1. The van der Waals surface area contributed by atoms with Gasteiger partial charge < -0.3 is 9.52 Å². The Morgan fingerprint density at radius 1 is 1.25 bits per heavy atom. The third-order valence-electron chi connectivity index (χ3n) is 3.16. The van der Waals surface area contributed by atoms with Crippen LogP contribution in [0.25, 0.3) is 22.6 Å². The number of ketones is 1. The molecule has 4 heteroatoms. The van der Waals surface area contributed by atoms with Gasteiger partial charge in [0.15, 0.2) is 11.4 Å². The maximum Gasteiger partial charge on any atom is 0.231 e. The monoisotopic (exact) mass is 267 g/mol. The number of para-hydroxylation sites is 2. The molecule has 3 rings (SSSR count). The van der Waals surface area contributed by atoms with Gasteiger partial charge in [0.1, 0.15) is 11.3 Å². The highest BCUT2D eigenvalue weighted by Crippen LogP contribution is 2.32. The Morgan fingerprint density at radius 2 is 2.05 bits per heavy atom. The van der Waals surface area contributed by atoms with Crippen molar-refractivity contribution < 1.29 is 14.3 Å². The van der Waals surface area contributed by atoms with E-state index in [2.05, 4.69) is 4.98 Å². The first-order valence-corrected chi connectivity index (χ1v) is 6.41. The summed E-state index contributed by atoms with van der Waals surface area (Å²) in [5, 5.41) is 9.96. The van der Waals surface area contributed by atoms with Gasteiger partial charge in [-0.25, -0.2) is 4.98 Å². The van der Waals surface area contributed by atoms with Crippen molar-refractivity contribution >= 4 is 16.9 Å². The molecule has 0 aliphatic heterocycles. The minimum atomic E-state index is 0.0161. The van der Waals surface area contributed by atoms with Crippen LogP contribution in [0.4, 0.5) is 0 Å². The molecule has 0 fully saturated rings. The molecule has 0 radical (unpaired) electrons. The van der Waals surface area contributed by atoms with Gasteiger partial charge in [-0.15, -0.1) is 0 Å². The summed E-state index contributed by atoms with van der Waals surface area (Å²) in [5.41, 5.74) is 2.34. The second-order valence-electron chi connectivity index (χ2n) is 4.50. The largest absolute Gasteiger partial charge is 0.507 e. The van der Waals surface area contributed by atoms with Crippen molar-refractivity contribution in [3.63, 3.8) is 0 Å². The van der Waals surface area contributed by atoms with Gasteiger partial charge in [0.25, 0.3) is 0 Å². The van der Waals surface area contributed by atoms with Crippen molar-refractivity contribution in [1.82, 2.24) is 4.98 Å². The minimum absolute atomic E-state index is 0.0161. The Balaban J connectivity index is 2.15. The van der Waals surface area contributed by atoms with E-state index in [9.17, 15) is 9.90 Å². The van der Waals surface area contributed by atoms with E-state index in [0.29, 0.717) is 34.5 Å². The van der Waals surface area contributed by atoms with Gasteiger partial charge in [0, 0.05) is 12.0 Å². The number of fused-ring (bicyclic) bond motifs is 1. The Morgan fingerprint density at radius 3 is 2.80 bits per heavy atom. The smallest absolute Gasteiger partial charge is 0.231 e. The average molecular weight is 267 g/mol. The second-order valence-corrected chi connectivity index (χ2v) is 4.50. The van der Waals surface area contributed by atoms with Gasteiger partial charge in [-0.05, 0) is 30.3 Å². The first kappa shape index (κ1) is 12.4. The van der Waals surface area contributed by atoms with Crippen LogP contribution in [0, 0.1) is 0 Å². The number of hydrogen-bond donors (Lipinski definition) is 1. The van der Waals surface area contributed by atoms with Crippen LogP contribution in [0.3, 0.4) is 0 Å². The summed E-state index contributed by atoms with van der Waals surface area (Å²) in [5.74, 6) is 0.376. The predicted octanol–water partition coefficient (Wildman–Crippen LogP) is 3.79. The number of phenols is 1. The van der Waals surface area contributed by atoms with Crippen LogP contribution in [-0.2, 0) is 0 Å². The topological polar surface area (TPSA) is 63.3 Å². The van der Waals surface area contributed by atoms with Gasteiger partial charge in [-0.3, -0.25) is 4.79 Å². The second kappa shape index (κ2) is 4.81. The van der Waals surface area contributed by atoms with E-state index in [1.54, 1.807) is 19.1 Å². The molecule has 2 aromatic carbocycles. The van der Waals surface area contributed by atoms with E-state index in [-0.39, 0.29) is 11.5 Å². The number of aromatic hydroxyl groups is 1. The molecule has 4 nitrogen and oxygen atoms in total. The highest BCUT2D eigenvalue weighted by molar-refractivity contribution is 5.97. The fourth-order valence-electron chi connectivity index (χ4n) is 2.07. The number of carbonyl (C=O) groups excluding carboxylic acids is 1. The number of Topliss-reactive ketones (excluding diaryl/α,β-unsaturated/α-hetero) is 1. The Labute approximate surface area is 115 Å². The molecule has 0 unspecified atom stereocenters. The molecule has 0 aliphatic rings. The first-order chi connectivity index (χ1) is 9.69. The molecule has 0 aliphatic carbocycles. The van der Waals surface area contributed by atoms with Crippen molar-refractivity contribution in [3.05, 3.63) is 48.0 Å². The molecule has 0 atom stereocenters. The molecule has 0 spiro atoms. The van der Waals surface area contributed by atoms with Crippen molar-refractivity contribution in [2.75, 3.05) is 0 Å². The van der Waals surface area contributed by atoms with Crippen LogP contribution in [-0.4, -0.2) is 15.9 Å². The Kier molecular flexibility index (Phi) is 2.99. The molecule has 0 saturated carbocycles. The third-order valence-corrected chi connectivity index (χ3v) is 3.16. The van der Waals surface area contributed by atoms with Gasteiger partial charge in [-0.2, -0.15) is 0 Å². The number of benzene rings is 2.